The second-order valence-corrected chi connectivity index (χ2v) is 14.6. The minimum Gasteiger partial charge on any atom is -0.501 e. The van der Waals surface area contributed by atoms with Crippen LogP contribution < -0.4 is 0 Å². The summed E-state index contributed by atoms with van der Waals surface area (Å²) < 4.78 is 8.48. The molecule has 7 aromatic rings. The molecule has 1 aliphatic rings. The number of hydrogen-bond donors (Lipinski definition) is 0. The van der Waals surface area contributed by atoms with Crippen molar-refractivity contribution in [1.82, 2.24) is 14.5 Å². The number of rotatable bonds is 4. The van der Waals surface area contributed by atoms with Crippen molar-refractivity contribution in [3.63, 3.8) is 0 Å². The van der Waals surface area contributed by atoms with E-state index in [1.54, 1.807) is 0 Å². The van der Waals surface area contributed by atoms with Crippen molar-refractivity contribution < 1.29 is 24.5 Å². The summed E-state index contributed by atoms with van der Waals surface area (Å²) in [4.78, 5) is 9.51. The minimum atomic E-state index is -0.101. The van der Waals surface area contributed by atoms with Crippen molar-refractivity contribution in [3.05, 3.63) is 126 Å². The molecular formula is C43H41IrN3O-2. The maximum absolute atomic E-state index is 6.11. The van der Waals surface area contributed by atoms with Gasteiger partial charge in [-0.15, -0.1) is 54.1 Å². The number of pyridine rings is 1. The van der Waals surface area contributed by atoms with Gasteiger partial charge in [0.1, 0.15) is 5.58 Å². The van der Waals surface area contributed by atoms with Crippen LogP contribution in [0.2, 0.25) is 0 Å². The Balaban J connectivity index is 0.000000164. The largest absolute Gasteiger partial charge is 0.501 e. The van der Waals surface area contributed by atoms with Crippen molar-refractivity contribution >= 4 is 39.0 Å². The fourth-order valence-electron chi connectivity index (χ4n) is 6.74. The monoisotopic (exact) mass is 808 g/mol. The molecule has 245 valence electrons. The van der Waals surface area contributed by atoms with Crippen molar-refractivity contribution in [2.75, 3.05) is 0 Å². The fraction of sp³-hybridized carbons (Fsp3) is 0.256. The van der Waals surface area contributed by atoms with Crippen LogP contribution in [0.3, 0.4) is 0 Å². The summed E-state index contributed by atoms with van der Waals surface area (Å²) in [5.41, 5.74) is 11.1. The number of fused-ring (bicyclic) bond motifs is 3. The van der Waals surface area contributed by atoms with Crippen molar-refractivity contribution in [2.45, 2.75) is 66.3 Å². The number of hydrogen-bond acceptors (Lipinski definition) is 3. The summed E-state index contributed by atoms with van der Waals surface area (Å²) in [6.07, 6.45) is 7.46. The third-order valence-corrected chi connectivity index (χ3v) is 8.85. The number of benzene rings is 4. The first kappa shape index (κ1) is 33.6. The maximum Gasteiger partial charge on any atom is 0.120 e. The average molecular weight is 808 g/mol. The van der Waals surface area contributed by atoms with Crippen LogP contribution in [0.15, 0.2) is 102 Å². The predicted molar refractivity (Wildman–Crippen MR) is 195 cm³/mol. The molecular weight excluding hydrogens is 767 g/mol. The molecule has 4 heterocycles. The van der Waals surface area contributed by atoms with Crippen LogP contribution >= 0.6 is 0 Å². The van der Waals surface area contributed by atoms with E-state index < -0.39 is 0 Å². The minimum absolute atomic E-state index is 0. The molecule has 0 saturated carbocycles. The Morgan fingerprint density at radius 2 is 1.69 bits per heavy atom. The summed E-state index contributed by atoms with van der Waals surface area (Å²) in [6.45, 7) is 15.7. The summed E-state index contributed by atoms with van der Waals surface area (Å²) in [5.74, 6) is 1.49. The molecule has 4 aromatic carbocycles. The van der Waals surface area contributed by atoms with Crippen molar-refractivity contribution in [2.24, 2.45) is 5.41 Å². The van der Waals surface area contributed by atoms with E-state index in [1.165, 1.54) is 22.2 Å². The zero-order valence-electron chi connectivity index (χ0n) is 28.7. The van der Waals surface area contributed by atoms with Crippen LogP contribution in [0.5, 0.6) is 0 Å². The molecule has 48 heavy (non-hydrogen) atoms. The molecule has 1 radical (unpaired) electrons. The van der Waals surface area contributed by atoms with Gasteiger partial charge in [0.2, 0.25) is 0 Å². The van der Waals surface area contributed by atoms with E-state index >= 15 is 0 Å². The van der Waals surface area contributed by atoms with Gasteiger partial charge in [0, 0.05) is 37.3 Å². The van der Waals surface area contributed by atoms with Crippen LogP contribution in [0.25, 0.3) is 61.7 Å². The Morgan fingerprint density at radius 1 is 0.896 bits per heavy atom. The van der Waals surface area contributed by atoms with Gasteiger partial charge in [-0.1, -0.05) is 93.6 Å². The predicted octanol–water partition coefficient (Wildman–Crippen LogP) is 11.4. The molecule has 0 amide bonds. The van der Waals surface area contributed by atoms with Crippen LogP contribution in [0.1, 0.15) is 71.1 Å². The van der Waals surface area contributed by atoms with E-state index in [9.17, 15) is 0 Å². The number of furan rings is 1. The van der Waals surface area contributed by atoms with Crippen molar-refractivity contribution in [3.8, 4) is 22.6 Å². The maximum atomic E-state index is 6.11. The quantitative estimate of drug-likeness (QED) is 0.166. The van der Waals surface area contributed by atoms with Gasteiger partial charge in [-0.25, -0.2) is 0 Å². The van der Waals surface area contributed by atoms with Crippen LogP contribution in [0, 0.1) is 17.5 Å². The topological polar surface area (TPSA) is 43.9 Å². The second kappa shape index (κ2) is 13.0. The molecule has 0 spiro atoms. The Hall–Kier alpha value is -4.31. The Labute approximate surface area is 297 Å². The summed E-state index contributed by atoms with van der Waals surface area (Å²) in [5, 5.41) is 2.25. The average Bonchev–Trinajstić information content (AvgIpc) is 3.63. The van der Waals surface area contributed by atoms with Gasteiger partial charge < -0.3 is 14.0 Å². The SMILES string of the molecule is CC(C)(C)Cc1ccnc(-c2[c-]ccc3c2oc2ccccc23)c1.CC(C)c1ccc2nc(-c3[c-]cccc3)n3c2c1C=CC3(C)C.[Ir]. The number of allylic oxidation sites excluding steroid dienone is 1. The van der Waals surface area contributed by atoms with Gasteiger partial charge in [0.25, 0.3) is 0 Å². The van der Waals surface area contributed by atoms with Gasteiger partial charge in [0.15, 0.2) is 0 Å². The van der Waals surface area contributed by atoms with Gasteiger partial charge in [0.05, 0.1) is 28.0 Å². The molecule has 5 heteroatoms. The number of nitrogens with zero attached hydrogens (tertiary/aromatic N) is 3. The molecule has 0 fully saturated rings. The van der Waals surface area contributed by atoms with E-state index in [4.69, 9.17) is 9.40 Å². The zero-order chi connectivity index (χ0) is 32.9. The van der Waals surface area contributed by atoms with Crippen LogP contribution in [-0.2, 0) is 32.1 Å². The molecule has 4 nitrogen and oxygen atoms in total. The van der Waals surface area contributed by atoms with Crippen LogP contribution in [0.4, 0.5) is 0 Å². The van der Waals surface area contributed by atoms with Gasteiger partial charge in [-0.2, -0.15) is 0 Å². The zero-order valence-corrected chi connectivity index (χ0v) is 31.1. The molecule has 0 unspecified atom stereocenters. The van der Waals surface area contributed by atoms with E-state index in [1.807, 2.05) is 48.7 Å². The molecule has 0 atom stereocenters. The third-order valence-electron chi connectivity index (χ3n) is 8.85. The number of aromatic nitrogens is 3. The molecule has 0 aliphatic carbocycles. The molecule has 0 N–H and O–H groups in total. The summed E-state index contributed by atoms with van der Waals surface area (Å²) in [6, 6.07) is 35.5. The standard InChI is InChI=1S/C22H20NO.C21H21N2.Ir/c1-22(2,3)14-15-11-12-23-19(13-15)18-9-6-8-17-16-7-4-5-10-20(16)24-21(17)18;1-14(2)16-10-11-18-19-17(16)12-13-21(3,4)23(19)20(22-18)15-8-6-5-7-9-15;/h4-8,10-13H,14H2,1-3H3;5-8,10-14H,1-4H3;/q2*-1;. The number of imidazole rings is 1. The van der Waals surface area contributed by atoms with E-state index in [0.29, 0.717) is 5.92 Å². The van der Waals surface area contributed by atoms with E-state index in [2.05, 4.69) is 125 Å². The molecule has 0 bridgehead atoms. The normalized spacial score (nSPS) is 13.5. The Morgan fingerprint density at radius 3 is 2.44 bits per heavy atom. The van der Waals surface area contributed by atoms with Gasteiger partial charge in [-0.3, -0.25) is 4.98 Å². The smallest absolute Gasteiger partial charge is 0.120 e. The third kappa shape index (κ3) is 6.30. The molecule has 0 saturated heterocycles. The Kier molecular flexibility index (Phi) is 9.06. The van der Waals surface area contributed by atoms with E-state index in [-0.39, 0.29) is 31.1 Å². The van der Waals surface area contributed by atoms with Gasteiger partial charge in [-0.05, 0) is 61.1 Å². The first-order valence-electron chi connectivity index (χ1n) is 16.5. The molecule has 1 aliphatic heterocycles. The fourth-order valence-corrected chi connectivity index (χ4v) is 6.74. The number of para-hydroxylation sites is 1. The first-order valence-corrected chi connectivity index (χ1v) is 16.5. The first-order chi connectivity index (χ1) is 22.5. The van der Waals surface area contributed by atoms with Crippen LogP contribution in [-0.4, -0.2) is 14.5 Å². The second-order valence-electron chi connectivity index (χ2n) is 14.6. The molecule has 3 aromatic heterocycles. The summed E-state index contributed by atoms with van der Waals surface area (Å²) in [7, 11) is 0. The van der Waals surface area contributed by atoms with E-state index in [0.717, 1.165) is 56.5 Å². The van der Waals surface area contributed by atoms with Gasteiger partial charge >= 0.3 is 0 Å². The summed E-state index contributed by atoms with van der Waals surface area (Å²) >= 11 is 0. The molecule has 8 rings (SSSR count). The van der Waals surface area contributed by atoms with Crippen molar-refractivity contribution in [1.29, 1.82) is 0 Å². The Bertz CT molecular complexity index is 2270.